The highest BCUT2D eigenvalue weighted by atomic mass is 16.5. The number of nitrogens with zero attached hydrogens (tertiary/aromatic N) is 1. The van der Waals surface area contributed by atoms with E-state index in [1.54, 1.807) is 0 Å². The van der Waals surface area contributed by atoms with E-state index in [0.717, 1.165) is 25.7 Å². The summed E-state index contributed by atoms with van der Waals surface area (Å²) in [6, 6.07) is 1.28. The number of hydrogen-bond donors (Lipinski definition) is 1. The van der Waals surface area contributed by atoms with Gasteiger partial charge in [-0.1, -0.05) is 20.8 Å². The Bertz CT molecular complexity index is 321. The molecule has 2 aliphatic rings. The smallest absolute Gasteiger partial charge is 0.0645 e. The second-order valence-electron chi connectivity index (χ2n) is 8.40. The van der Waals surface area contributed by atoms with Crippen molar-refractivity contribution >= 4 is 0 Å². The second kappa shape index (κ2) is 5.94. The number of hydrogen-bond acceptors (Lipinski definition) is 3. The van der Waals surface area contributed by atoms with Gasteiger partial charge >= 0.3 is 0 Å². The maximum Gasteiger partial charge on any atom is 0.0645 e. The normalized spacial score (nSPS) is 36.0. The van der Waals surface area contributed by atoms with Crippen molar-refractivity contribution in [3.8, 4) is 0 Å². The van der Waals surface area contributed by atoms with Crippen LogP contribution in [0, 0.1) is 11.3 Å². The van der Waals surface area contributed by atoms with Crippen LogP contribution in [0.25, 0.3) is 0 Å². The average Bonchev–Trinajstić information content (AvgIpc) is 2.36. The van der Waals surface area contributed by atoms with E-state index in [0.29, 0.717) is 17.5 Å². The Morgan fingerprint density at radius 2 is 1.90 bits per heavy atom. The number of rotatable bonds is 2. The molecule has 0 radical (unpaired) electrons. The molecular weight excluding hydrogens is 248 g/mol. The molecule has 1 aliphatic heterocycles. The van der Waals surface area contributed by atoms with Gasteiger partial charge in [0.25, 0.3) is 0 Å². The molecule has 0 amide bonds. The summed E-state index contributed by atoms with van der Waals surface area (Å²) in [7, 11) is 2.13. The molecule has 0 spiro atoms. The van der Waals surface area contributed by atoms with Crippen LogP contribution in [0.1, 0.15) is 53.9 Å². The Kier molecular flexibility index (Phi) is 4.83. The zero-order chi connectivity index (χ0) is 15.0. The molecule has 3 unspecified atom stereocenters. The zero-order valence-corrected chi connectivity index (χ0v) is 14.3. The molecule has 3 heteroatoms. The highest BCUT2D eigenvalue weighted by Crippen LogP contribution is 2.41. The van der Waals surface area contributed by atoms with Gasteiger partial charge in [0, 0.05) is 24.2 Å². The standard InChI is InChI=1S/C17H34N2O/c1-16(2,3)13-7-8-14(18-6)15(11-13)19-9-10-20-12-17(19,4)5/h13-15,18H,7-12H2,1-6H3. The lowest BCUT2D eigenvalue weighted by atomic mass is 9.68. The first-order chi connectivity index (χ1) is 9.25. The minimum Gasteiger partial charge on any atom is -0.378 e. The Hall–Kier alpha value is -0.120. The van der Waals surface area contributed by atoms with Crippen molar-refractivity contribution in [2.75, 3.05) is 26.8 Å². The summed E-state index contributed by atoms with van der Waals surface area (Å²) in [6.45, 7) is 14.7. The molecule has 1 aliphatic carbocycles. The average molecular weight is 282 g/mol. The molecule has 118 valence electrons. The molecule has 0 aromatic rings. The lowest BCUT2D eigenvalue weighted by Gasteiger charge is -2.53. The van der Waals surface area contributed by atoms with E-state index in [-0.39, 0.29) is 5.54 Å². The predicted octanol–water partition coefficient (Wildman–Crippen LogP) is 2.90. The lowest BCUT2D eigenvalue weighted by molar-refractivity contribution is -0.0922. The van der Waals surface area contributed by atoms with Gasteiger partial charge in [0.2, 0.25) is 0 Å². The van der Waals surface area contributed by atoms with E-state index >= 15 is 0 Å². The summed E-state index contributed by atoms with van der Waals surface area (Å²) in [5, 5.41) is 3.58. The molecule has 0 bridgehead atoms. The molecule has 20 heavy (non-hydrogen) atoms. The van der Waals surface area contributed by atoms with Crippen LogP contribution >= 0.6 is 0 Å². The fraction of sp³-hybridized carbons (Fsp3) is 1.00. The highest BCUT2D eigenvalue weighted by Gasteiger charge is 2.43. The molecule has 1 N–H and O–H groups in total. The third-order valence-corrected chi connectivity index (χ3v) is 5.52. The van der Waals surface area contributed by atoms with E-state index in [4.69, 9.17) is 4.74 Å². The van der Waals surface area contributed by atoms with Gasteiger partial charge in [-0.2, -0.15) is 0 Å². The first-order valence-electron chi connectivity index (χ1n) is 8.27. The molecule has 3 nitrogen and oxygen atoms in total. The van der Waals surface area contributed by atoms with Gasteiger partial charge in [0.15, 0.2) is 0 Å². The minimum absolute atomic E-state index is 0.164. The molecule has 1 saturated carbocycles. The minimum atomic E-state index is 0.164. The van der Waals surface area contributed by atoms with Crippen molar-refractivity contribution in [1.82, 2.24) is 10.2 Å². The fourth-order valence-electron chi connectivity index (χ4n) is 4.10. The third-order valence-electron chi connectivity index (χ3n) is 5.52. The summed E-state index contributed by atoms with van der Waals surface area (Å²) < 4.78 is 5.71. The summed E-state index contributed by atoms with van der Waals surface area (Å²) in [4.78, 5) is 2.72. The molecule has 2 fully saturated rings. The molecule has 1 saturated heterocycles. The van der Waals surface area contributed by atoms with Gasteiger partial charge < -0.3 is 10.1 Å². The fourth-order valence-corrected chi connectivity index (χ4v) is 4.10. The molecule has 2 rings (SSSR count). The van der Waals surface area contributed by atoms with Crippen LogP contribution in [-0.2, 0) is 4.74 Å². The zero-order valence-electron chi connectivity index (χ0n) is 14.3. The first kappa shape index (κ1) is 16.3. The highest BCUT2D eigenvalue weighted by molar-refractivity contribution is 4.99. The van der Waals surface area contributed by atoms with Crippen molar-refractivity contribution in [3.05, 3.63) is 0 Å². The van der Waals surface area contributed by atoms with Crippen LogP contribution in [0.3, 0.4) is 0 Å². The van der Waals surface area contributed by atoms with Crippen molar-refractivity contribution in [2.24, 2.45) is 11.3 Å². The van der Waals surface area contributed by atoms with Crippen LogP contribution in [0.15, 0.2) is 0 Å². The Morgan fingerprint density at radius 1 is 1.20 bits per heavy atom. The predicted molar refractivity (Wildman–Crippen MR) is 85.0 cm³/mol. The number of likely N-dealkylation sites (N-methyl/N-ethyl adjacent to an activating group) is 1. The van der Waals surface area contributed by atoms with Crippen LogP contribution in [0.5, 0.6) is 0 Å². The van der Waals surface area contributed by atoms with Crippen LogP contribution < -0.4 is 5.32 Å². The maximum absolute atomic E-state index is 5.71. The van der Waals surface area contributed by atoms with E-state index in [1.165, 1.54) is 19.3 Å². The van der Waals surface area contributed by atoms with Crippen LogP contribution in [-0.4, -0.2) is 49.3 Å². The van der Waals surface area contributed by atoms with Gasteiger partial charge in [-0.3, -0.25) is 4.90 Å². The van der Waals surface area contributed by atoms with Gasteiger partial charge in [-0.05, 0) is 51.5 Å². The quantitative estimate of drug-likeness (QED) is 0.843. The van der Waals surface area contributed by atoms with E-state index in [9.17, 15) is 0 Å². The maximum atomic E-state index is 5.71. The molecule has 1 heterocycles. The summed E-state index contributed by atoms with van der Waals surface area (Å²) in [5.41, 5.74) is 0.588. The number of morpholine rings is 1. The SMILES string of the molecule is CNC1CCC(C(C)(C)C)CC1N1CCOCC1(C)C. The number of ether oxygens (including phenoxy) is 1. The topological polar surface area (TPSA) is 24.5 Å². The van der Waals surface area contributed by atoms with Crippen molar-refractivity contribution in [3.63, 3.8) is 0 Å². The van der Waals surface area contributed by atoms with Crippen molar-refractivity contribution in [2.45, 2.75) is 71.5 Å². The lowest BCUT2D eigenvalue weighted by Crippen LogP contribution is -2.63. The second-order valence-corrected chi connectivity index (χ2v) is 8.40. The van der Waals surface area contributed by atoms with Gasteiger partial charge in [0.1, 0.15) is 0 Å². The molecule has 3 atom stereocenters. The van der Waals surface area contributed by atoms with Crippen molar-refractivity contribution in [1.29, 1.82) is 0 Å². The monoisotopic (exact) mass is 282 g/mol. The van der Waals surface area contributed by atoms with Gasteiger partial charge in [-0.25, -0.2) is 0 Å². The van der Waals surface area contributed by atoms with Gasteiger partial charge in [-0.15, -0.1) is 0 Å². The van der Waals surface area contributed by atoms with E-state index < -0.39 is 0 Å². The molecular formula is C17H34N2O. The summed E-state index contributed by atoms with van der Waals surface area (Å²) in [6.07, 6.45) is 3.98. The number of nitrogens with one attached hydrogen (secondary N) is 1. The van der Waals surface area contributed by atoms with Crippen LogP contribution in [0.2, 0.25) is 0 Å². The molecule has 0 aromatic heterocycles. The Labute approximate surface area is 125 Å². The first-order valence-corrected chi connectivity index (χ1v) is 8.27. The largest absolute Gasteiger partial charge is 0.378 e. The Morgan fingerprint density at radius 3 is 2.45 bits per heavy atom. The van der Waals surface area contributed by atoms with E-state index in [1.807, 2.05) is 0 Å². The Balaban J connectivity index is 2.16. The van der Waals surface area contributed by atoms with Crippen LogP contribution in [0.4, 0.5) is 0 Å². The summed E-state index contributed by atoms with van der Waals surface area (Å²) in [5.74, 6) is 0.829. The van der Waals surface area contributed by atoms with E-state index in [2.05, 4.69) is 51.9 Å². The third kappa shape index (κ3) is 3.37. The van der Waals surface area contributed by atoms with Gasteiger partial charge in [0.05, 0.1) is 13.2 Å². The van der Waals surface area contributed by atoms with Crippen molar-refractivity contribution < 1.29 is 4.74 Å². The molecule has 0 aromatic carbocycles. The summed E-state index contributed by atoms with van der Waals surface area (Å²) >= 11 is 0.